The lowest BCUT2D eigenvalue weighted by Gasteiger charge is -2.19. The molecule has 3 N–H and O–H groups in total. The van der Waals surface area contributed by atoms with E-state index < -0.39 is 11.9 Å². The van der Waals surface area contributed by atoms with Crippen molar-refractivity contribution in [1.29, 1.82) is 0 Å². The summed E-state index contributed by atoms with van der Waals surface area (Å²) >= 11 is 0. The summed E-state index contributed by atoms with van der Waals surface area (Å²) in [4.78, 5) is 23.7. The van der Waals surface area contributed by atoms with Crippen LogP contribution in [-0.2, 0) is 4.79 Å². The van der Waals surface area contributed by atoms with Crippen LogP contribution in [-0.4, -0.2) is 27.6 Å². The second kappa shape index (κ2) is 7.24. The number of carbonyl (C=O) groups is 2. The van der Waals surface area contributed by atoms with Crippen LogP contribution in [0, 0.1) is 12.8 Å². The molecule has 0 unspecified atom stereocenters. The third-order valence-corrected chi connectivity index (χ3v) is 3.84. The number of amides is 2. The molecule has 118 valence electrons. The maximum Gasteiger partial charge on any atom is 0.255 e. The molecule has 1 rings (SSSR count). The molecule has 1 atom stereocenters. The number of primary amides is 1. The molecule has 0 radical (unpaired) electrons. The maximum absolute atomic E-state index is 12.3. The molecule has 0 aliphatic heterocycles. The van der Waals surface area contributed by atoms with Gasteiger partial charge in [0.2, 0.25) is 5.91 Å². The average Bonchev–Trinajstić information content (AvgIpc) is 2.79. The summed E-state index contributed by atoms with van der Waals surface area (Å²) < 4.78 is 1.88. The van der Waals surface area contributed by atoms with Crippen LogP contribution in [0.2, 0.25) is 0 Å². The zero-order valence-corrected chi connectivity index (χ0v) is 13.5. The Bertz CT molecular complexity index is 504. The molecule has 0 saturated heterocycles. The third-order valence-electron chi connectivity index (χ3n) is 3.84. The van der Waals surface area contributed by atoms with Gasteiger partial charge in [0.05, 0.1) is 17.8 Å². The summed E-state index contributed by atoms with van der Waals surface area (Å²) in [6.07, 6.45) is 3.47. The predicted molar refractivity (Wildman–Crippen MR) is 81.9 cm³/mol. The number of rotatable bonds is 7. The summed E-state index contributed by atoms with van der Waals surface area (Å²) in [6.45, 7) is 9.75. The molecule has 0 aliphatic carbocycles. The van der Waals surface area contributed by atoms with E-state index in [0.717, 1.165) is 18.5 Å². The largest absolute Gasteiger partial charge is 0.368 e. The zero-order chi connectivity index (χ0) is 16.2. The number of nitrogens with zero attached hydrogens (tertiary/aromatic N) is 2. The molecule has 1 heterocycles. The standard InChI is InChI=1S/C15H26N4O2/c1-6-11(7-2)19-10(5)12(8-17-19)15(21)18-13(9(3)4)14(16)20/h8-9,11,13H,6-7H2,1-5H3,(H2,16,20)(H,18,21)/t13-/m1/s1. The van der Waals surface area contributed by atoms with Crippen molar-refractivity contribution >= 4 is 11.8 Å². The molecule has 0 spiro atoms. The Kier molecular flexibility index (Phi) is 5.93. The monoisotopic (exact) mass is 294 g/mol. The van der Waals surface area contributed by atoms with E-state index in [-0.39, 0.29) is 17.9 Å². The SMILES string of the molecule is CCC(CC)n1ncc(C(=O)N[C@@H](C(N)=O)C(C)C)c1C. The first kappa shape index (κ1) is 17.2. The third kappa shape index (κ3) is 3.83. The van der Waals surface area contributed by atoms with E-state index in [1.807, 2.05) is 25.5 Å². The molecule has 21 heavy (non-hydrogen) atoms. The Morgan fingerprint density at radius 1 is 1.33 bits per heavy atom. The number of nitrogens with two attached hydrogens (primary N) is 1. The van der Waals surface area contributed by atoms with Crippen LogP contribution in [0.5, 0.6) is 0 Å². The quantitative estimate of drug-likeness (QED) is 0.803. The molecule has 6 heteroatoms. The van der Waals surface area contributed by atoms with Gasteiger partial charge in [0, 0.05) is 5.69 Å². The van der Waals surface area contributed by atoms with Gasteiger partial charge in [-0.05, 0) is 25.7 Å². The molecule has 0 saturated carbocycles. The number of carbonyl (C=O) groups excluding carboxylic acids is 2. The fraction of sp³-hybridized carbons (Fsp3) is 0.667. The second-order valence-corrected chi connectivity index (χ2v) is 5.66. The smallest absolute Gasteiger partial charge is 0.255 e. The summed E-state index contributed by atoms with van der Waals surface area (Å²) in [5.74, 6) is -0.883. The lowest BCUT2D eigenvalue weighted by Crippen LogP contribution is -2.47. The van der Waals surface area contributed by atoms with Gasteiger partial charge in [-0.3, -0.25) is 14.3 Å². The number of hydrogen-bond donors (Lipinski definition) is 2. The van der Waals surface area contributed by atoms with Gasteiger partial charge < -0.3 is 11.1 Å². The van der Waals surface area contributed by atoms with E-state index in [1.165, 1.54) is 0 Å². The Labute approximate surface area is 126 Å². The van der Waals surface area contributed by atoms with E-state index in [2.05, 4.69) is 24.3 Å². The van der Waals surface area contributed by atoms with Crippen molar-refractivity contribution in [3.63, 3.8) is 0 Å². The average molecular weight is 294 g/mol. The Morgan fingerprint density at radius 3 is 2.33 bits per heavy atom. The molecule has 0 aliphatic rings. The molecule has 1 aromatic rings. The van der Waals surface area contributed by atoms with Crippen molar-refractivity contribution < 1.29 is 9.59 Å². The van der Waals surface area contributed by atoms with Gasteiger partial charge in [-0.25, -0.2) is 0 Å². The molecule has 2 amide bonds. The first-order valence-corrected chi connectivity index (χ1v) is 7.47. The van der Waals surface area contributed by atoms with Gasteiger partial charge in [-0.2, -0.15) is 5.10 Å². The van der Waals surface area contributed by atoms with Crippen LogP contribution >= 0.6 is 0 Å². The van der Waals surface area contributed by atoms with Crippen molar-refractivity contribution in [2.24, 2.45) is 11.7 Å². The van der Waals surface area contributed by atoms with Gasteiger partial charge in [-0.1, -0.05) is 27.7 Å². The van der Waals surface area contributed by atoms with Crippen LogP contribution in [0.4, 0.5) is 0 Å². The molecule has 0 fully saturated rings. The summed E-state index contributed by atoms with van der Waals surface area (Å²) in [6, 6.07) is -0.392. The molecular formula is C15H26N4O2. The van der Waals surface area contributed by atoms with E-state index in [0.29, 0.717) is 5.56 Å². The van der Waals surface area contributed by atoms with Crippen LogP contribution < -0.4 is 11.1 Å². The van der Waals surface area contributed by atoms with Gasteiger partial charge in [0.25, 0.3) is 5.91 Å². The highest BCUT2D eigenvalue weighted by Gasteiger charge is 2.24. The highest BCUT2D eigenvalue weighted by molar-refractivity contribution is 5.98. The minimum atomic E-state index is -0.673. The highest BCUT2D eigenvalue weighted by Crippen LogP contribution is 2.19. The van der Waals surface area contributed by atoms with E-state index in [1.54, 1.807) is 6.20 Å². The van der Waals surface area contributed by atoms with Crippen molar-refractivity contribution in [3.8, 4) is 0 Å². The first-order chi connectivity index (χ1) is 9.83. The zero-order valence-electron chi connectivity index (χ0n) is 13.5. The molecule has 0 bridgehead atoms. The number of hydrogen-bond acceptors (Lipinski definition) is 3. The second-order valence-electron chi connectivity index (χ2n) is 5.66. The fourth-order valence-corrected chi connectivity index (χ4v) is 2.43. The van der Waals surface area contributed by atoms with Gasteiger partial charge in [0.1, 0.15) is 6.04 Å². The van der Waals surface area contributed by atoms with Crippen molar-refractivity contribution in [3.05, 3.63) is 17.5 Å². The Balaban J connectivity index is 2.96. The van der Waals surface area contributed by atoms with Crippen LogP contribution in [0.15, 0.2) is 6.20 Å². The molecule has 0 aromatic carbocycles. The van der Waals surface area contributed by atoms with E-state index in [4.69, 9.17) is 5.73 Å². The minimum Gasteiger partial charge on any atom is -0.368 e. The lowest BCUT2D eigenvalue weighted by molar-refractivity contribution is -0.120. The molecule has 1 aromatic heterocycles. The Morgan fingerprint density at radius 2 is 1.90 bits per heavy atom. The predicted octanol–water partition coefficient (Wildman–Crippen LogP) is 1.79. The summed E-state index contributed by atoms with van der Waals surface area (Å²) in [7, 11) is 0. The van der Waals surface area contributed by atoms with Crippen LogP contribution in [0.3, 0.4) is 0 Å². The molecule has 6 nitrogen and oxygen atoms in total. The van der Waals surface area contributed by atoms with E-state index in [9.17, 15) is 9.59 Å². The van der Waals surface area contributed by atoms with Gasteiger partial charge in [0.15, 0.2) is 0 Å². The summed E-state index contributed by atoms with van der Waals surface area (Å²) in [5.41, 5.74) is 6.63. The summed E-state index contributed by atoms with van der Waals surface area (Å²) in [5, 5.41) is 7.01. The fourth-order valence-electron chi connectivity index (χ4n) is 2.43. The highest BCUT2D eigenvalue weighted by atomic mass is 16.2. The minimum absolute atomic E-state index is 0.0548. The normalized spacial score (nSPS) is 12.7. The number of aromatic nitrogens is 2. The Hall–Kier alpha value is -1.85. The topological polar surface area (TPSA) is 90.0 Å². The maximum atomic E-state index is 12.3. The van der Waals surface area contributed by atoms with Crippen LogP contribution in [0.25, 0.3) is 0 Å². The van der Waals surface area contributed by atoms with Gasteiger partial charge in [-0.15, -0.1) is 0 Å². The van der Waals surface area contributed by atoms with Crippen molar-refractivity contribution in [2.75, 3.05) is 0 Å². The van der Waals surface area contributed by atoms with Crippen LogP contribution in [0.1, 0.15) is 62.6 Å². The van der Waals surface area contributed by atoms with Gasteiger partial charge >= 0.3 is 0 Å². The van der Waals surface area contributed by atoms with Crippen molar-refractivity contribution in [2.45, 2.75) is 59.5 Å². The first-order valence-electron chi connectivity index (χ1n) is 7.47. The van der Waals surface area contributed by atoms with Crippen molar-refractivity contribution in [1.82, 2.24) is 15.1 Å². The van der Waals surface area contributed by atoms with E-state index >= 15 is 0 Å². The lowest BCUT2D eigenvalue weighted by atomic mass is 10.0. The molecular weight excluding hydrogens is 268 g/mol. The number of nitrogens with one attached hydrogen (secondary N) is 1.